The van der Waals surface area contributed by atoms with Gasteiger partial charge in [0.05, 0.1) is 0 Å². The molecule has 0 radical (unpaired) electrons. The normalized spacial score (nSPS) is 22.3. The molecule has 1 aromatic carbocycles. The SMILES string of the molecule is Cc1ccc([C@@H](C(=O)O)N2CCC(C(N)=O)(N3CCCCC3)CC2)c(F)c1. The van der Waals surface area contributed by atoms with Crippen LogP contribution in [0.25, 0.3) is 0 Å². The standard InChI is InChI=1S/C20H28FN3O3/c1-14-5-6-15(16(21)13-14)17(18(25)26)23-11-7-20(8-12-23,19(22)27)24-9-3-2-4-10-24/h5-6,13,17H,2-4,7-12H2,1H3,(H2,22,27)(H,25,26)/t17-/m0/s1. The Morgan fingerprint density at radius 1 is 1.15 bits per heavy atom. The van der Waals surface area contributed by atoms with E-state index in [1.165, 1.54) is 6.07 Å². The van der Waals surface area contributed by atoms with Crippen LogP contribution in [0.1, 0.15) is 49.3 Å². The maximum absolute atomic E-state index is 14.4. The second-order valence-electron chi connectivity index (χ2n) is 7.75. The summed E-state index contributed by atoms with van der Waals surface area (Å²) in [6, 6.07) is 3.57. The van der Waals surface area contributed by atoms with E-state index in [2.05, 4.69) is 4.90 Å². The van der Waals surface area contributed by atoms with Gasteiger partial charge in [0.15, 0.2) is 0 Å². The van der Waals surface area contributed by atoms with Crippen molar-refractivity contribution in [2.75, 3.05) is 26.2 Å². The summed E-state index contributed by atoms with van der Waals surface area (Å²) in [7, 11) is 0. The second kappa shape index (κ2) is 7.94. The van der Waals surface area contributed by atoms with Crippen LogP contribution in [-0.4, -0.2) is 58.5 Å². The first kappa shape index (κ1) is 19.8. The van der Waals surface area contributed by atoms with Crippen LogP contribution >= 0.6 is 0 Å². The molecule has 0 aliphatic carbocycles. The first-order valence-electron chi connectivity index (χ1n) is 9.63. The van der Waals surface area contributed by atoms with Gasteiger partial charge in [-0.2, -0.15) is 0 Å². The van der Waals surface area contributed by atoms with Crippen LogP contribution in [0.3, 0.4) is 0 Å². The number of piperidine rings is 2. The third kappa shape index (κ3) is 3.84. The summed E-state index contributed by atoms with van der Waals surface area (Å²) in [5, 5.41) is 9.75. The van der Waals surface area contributed by atoms with Gasteiger partial charge in [0.25, 0.3) is 0 Å². The quantitative estimate of drug-likeness (QED) is 0.820. The third-order valence-corrected chi connectivity index (χ3v) is 6.09. The summed E-state index contributed by atoms with van der Waals surface area (Å²) in [4.78, 5) is 28.2. The lowest BCUT2D eigenvalue weighted by molar-refractivity contribution is -0.146. The van der Waals surface area contributed by atoms with Crippen molar-refractivity contribution in [1.29, 1.82) is 0 Å². The monoisotopic (exact) mass is 377 g/mol. The fourth-order valence-electron chi connectivity index (χ4n) is 4.53. The van der Waals surface area contributed by atoms with Crippen molar-refractivity contribution in [3.05, 3.63) is 35.1 Å². The topological polar surface area (TPSA) is 86.9 Å². The summed E-state index contributed by atoms with van der Waals surface area (Å²) < 4.78 is 14.4. The molecule has 1 amide bonds. The highest BCUT2D eigenvalue weighted by Gasteiger charge is 2.47. The highest BCUT2D eigenvalue weighted by molar-refractivity contribution is 5.85. The summed E-state index contributed by atoms with van der Waals surface area (Å²) >= 11 is 0. The summed E-state index contributed by atoms with van der Waals surface area (Å²) in [5.74, 6) is -1.93. The lowest BCUT2D eigenvalue weighted by Crippen LogP contribution is -2.63. The summed E-state index contributed by atoms with van der Waals surface area (Å²) in [6.45, 7) is 4.24. The molecular weight excluding hydrogens is 349 g/mol. The molecule has 2 heterocycles. The molecule has 0 bridgehead atoms. The minimum atomic E-state index is -1.08. The predicted octanol–water partition coefficient (Wildman–Crippen LogP) is 2.07. The van der Waals surface area contributed by atoms with Crippen molar-refractivity contribution in [3.63, 3.8) is 0 Å². The number of hydrogen-bond donors (Lipinski definition) is 2. The molecule has 1 atom stereocenters. The van der Waals surface area contributed by atoms with Gasteiger partial charge >= 0.3 is 5.97 Å². The number of aliphatic carboxylic acids is 1. The Balaban J connectivity index is 1.81. The average molecular weight is 377 g/mol. The van der Waals surface area contributed by atoms with Gasteiger partial charge in [-0.1, -0.05) is 18.6 Å². The van der Waals surface area contributed by atoms with E-state index in [-0.39, 0.29) is 11.5 Å². The molecular formula is C20H28FN3O3. The molecule has 2 saturated heterocycles. The number of hydrogen-bond acceptors (Lipinski definition) is 4. The van der Waals surface area contributed by atoms with E-state index in [0.717, 1.165) is 37.9 Å². The molecule has 3 N–H and O–H groups in total. The van der Waals surface area contributed by atoms with E-state index in [9.17, 15) is 19.1 Å². The van der Waals surface area contributed by atoms with Crippen LogP contribution in [0.2, 0.25) is 0 Å². The third-order valence-electron chi connectivity index (χ3n) is 6.09. The van der Waals surface area contributed by atoms with E-state index >= 15 is 0 Å². The molecule has 0 saturated carbocycles. The van der Waals surface area contributed by atoms with Gasteiger partial charge in [0.2, 0.25) is 5.91 Å². The Morgan fingerprint density at radius 3 is 2.30 bits per heavy atom. The Hall–Kier alpha value is -1.99. The van der Waals surface area contributed by atoms with Crippen LogP contribution in [-0.2, 0) is 9.59 Å². The highest BCUT2D eigenvalue weighted by Crippen LogP contribution is 2.35. The number of carboxylic acids is 1. The van der Waals surface area contributed by atoms with E-state index in [0.29, 0.717) is 25.9 Å². The number of nitrogens with two attached hydrogens (primary N) is 1. The Kier molecular flexibility index (Phi) is 5.81. The molecule has 0 unspecified atom stereocenters. The molecule has 2 aliphatic heterocycles. The number of likely N-dealkylation sites (tertiary alicyclic amines) is 2. The number of aryl methyl sites for hydroxylation is 1. The van der Waals surface area contributed by atoms with E-state index in [1.807, 2.05) is 0 Å². The number of halogens is 1. The van der Waals surface area contributed by atoms with Crippen molar-refractivity contribution >= 4 is 11.9 Å². The first-order chi connectivity index (χ1) is 12.8. The predicted molar refractivity (Wildman–Crippen MR) is 99.7 cm³/mol. The Labute approximate surface area is 159 Å². The van der Waals surface area contributed by atoms with Gasteiger partial charge < -0.3 is 10.8 Å². The number of carbonyl (C=O) groups is 2. The second-order valence-corrected chi connectivity index (χ2v) is 7.75. The van der Waals surface area contributed by atoms with Gasteiger partial charge in [-0.3, -0.25) is 19.4 Å². The molecule has 7 heteroatoms. The van der Waals surface area contributed by atoms with Crippen molar-refractivity contribution < 1.29 is 19.1 Å². The molecule has 148 valence electrons. The largest absolute Gasteiger partial charge is 0.480 e. The Bertz CT molecular complexity index is 710. The zero-order valence-electron chi connectivity index (χ0n) is 15.8. The number of rotatable bonds is 5. The van der Waals surface area contributed by atoms with E-state index < -0.39 is 23.4 Å². The van der Waals surface area contributed by atoms with Crippen LogP contribution in [0.15, 0.2) is 18.2 Å². The number of amides is 1. The highest BCUT2D eigenvalue weighted by atomic mass is 19.1. The molecule has 0 spiro atoms. The van der Waals surface area contributed by atoms with Gasteiger partial charge in [0, 0.05) is 18.7 Å². The molecule has 3 rings (SSSR count). The number of nitrogens with zero attached hydrogens (tertiary/aromatic N) is 2. The number of carboxylic acid groups (broad SMARTS) is 1. The van der Waals surface area contributed by atoms with E-state index in [1.54, 1.807) is 24.0 Å². The summed E-state index contributed by atoms with van der Waals surface area (Å²) in [5.41, 5.74) is 5.99. The van der Waals surface area contributed by atoms with Crippen LogP contribution in [0.5, 0.6) is 0 Å². The number of carbonyl (C=O) groups excluding carboxylic acids is 1. The zero-order valence-corrected chi connectivity index (χ0v) is 15.8. The van der Waals surface area contributed by atoms with Crippen LogP contribution in [0.4, 0.5) is 4.39 Å². The summed E-state index contributed by atoms with van der Waals surface area (Å²) in [6.07, 6.45) is 4.20. The number of benzene rings is 1. The van der Waals surface area contributed by atoms with Gasteiger partial charge in [-0.15, -0.1) is 0 Å². The fraction of sp³-hybridized carbons (Fsp3) is 0.600. The van der Waals surface area contributed by atoms with Gasteiger partial charge in [-0.05, 0) is 57.3 Å². The maximum atomic E-state index is 14.4. The molecule has 0 aromatic heterocycles. The first-order valence-corrected chi connectivity index (χ1v) is 9.63. The van der Waals surface area contributed by atoms with Crippen molar-refractivity contribution in [1.82, 2.24) is 9.80 Å². The minimum Gasteiger partial charge on any atom is -0.480 e. The fourth-order valence-corrected chi connectivity index (χ4v) is 4.53. The molecule has 1 aromatic rings. The Morgan fingerprint density at radius 2 is 1.78 bits per heavy atom. The lowest BCUT2D eigenvalue weighted by atomic mass is 9.82. The van der Waals surface area contributed by atoms with Crippen molar-refractivity contribution in [2.24, 2.45) is 5.73 Å². The van der Waals surface area contributed by atoms with Gasteiger partial charge in [0.1, 0.15) is 17.4 Å². The minimum absolute atomic E-state index is 0.164. The molecule has 2 fully saturated rings. The van der Waals surface area contributed by atoms with Gasteiger partial charge in [-0.25, -0.2) is 4.39 Å². The van der Waals surface area contributed by atoms with Crippen LogP contribution in [0, 0.1) is 12.7 Å². The van der Waals surface area contributed by atoms with Crippen molar-refractivity contribution in [2.45, 2.75) is 50.6 Å². The molecule has 27 heavy (non-hydrogen) atoms. The number of primary amides is 1. The molecule has 6 nitrogen and oxygen atoms in total. The maximum Gasteiger partial charge on any atom is 0.325 e. The average Bonchev–Trinajstić information content (AvgIpc) is 2.64. The van der Waals surface area contributed by atoms with Crippen LogP contribution < -0.4 is 5.73 Å². The molecule has 2 aliphatic rings. The van der Waals surface area contributed by atoms with Crippen molar-refractivity contribution in [3.8, 4) is 0 Å². The van der Waals surface area contributed by atoms with E-state index in [4.69, 9.17) is 5.73 Å². The smallest absolute Gasteiger partial charge is 0.325 e. The lowest BCUT2D eigenvalue weighted by Gasteiger charge is -2.49. The zero-order chi connectivity index (χ0) is 19.6.